The summed E-state index contributed by atoms with van der Waals surface area (Å²) in [5.74, 6) is 1.28. The van der Waals surface area contributed by atoms with Crippen molar-refractivity contribution in [1.82, 2.24) is 5.32 Å². The number of hydrogen-bond donors (Lipinski definition) is 2. The molecule has 2 bridgehead atoms. The number of ether oxygens (including phenoxy) is 1. The third-order valence-corrected chi connectivity index (χ3v) is 6.42. The van der Waals surface area contributed by atoms with Gasteiger partial charge in [-0.1, -0.05) is 0 Å². The van der Waals surface area contributed by atoms with E-state index in [0.717, 1.165) is 25.7 Å². The monoisotopic (exact) mass is 293 g/mol. The lowest BCUT2D eigenvalue weighted by molar-refractivity contribution is -0.169. The van der Waals surface area contributed by atoms with Crippen LogP contribution in [-0.2, 0) is 9.53 Å². The van der Waals surface area contributed by atoms with Crippen molar-refractivity contribution in [3.05, 3.63) is 0 Å². The molecule has 0 spiro atoms. The summed E-state index contributed by atoms with van der Waals surface area (Å²) in [6, 6.07) is 0. The number of nitrogens with one attached hydrogen (secondary N) is 1. The fourth-order valence-electron chi connectivity index (χ4n) is 5.49. The normalized spacial score (nSPS) is 41.0. The molecule has 118 valence electrons. The Bertz CT molecular complexity index is 445. The Kier molecular flexibility index (Phi) is 2.97. The largest absolute Gasteiger partial charge is 0.393 e. The van der Waals surface area contributed by atoms with Crippen LogP contribution in [-0.4, -0.2) is 35.4 Å². The quantitative estimate of drug-likeness (QED) is 0.815. The van der Waals surface area contributed by atoms with Crippen LogP contribution < -0.4 is 5.32 Å². The maximum atomic E-state index is 13.0. The smallest absolute Gasteiger partial charge is 0.229 e. The molecule has 0 aromatic heterocycles. The summed E-state index contributed by atoms with van der Waals surface area (Å²) in [4.78, 5) is 13.0. The van der Waals surface area contributed by atoms with Crippen LogP contribution in [0.25, 0.3) is 0 Å². The average molecular weight is 293 g/mol. The number of aliphatic hydroxyl groups is 1. The molecule has 1 aliphatic heterocycles. The zero-order valence-corrected chi connectivity index (χ0v) is 13.0. The van der Waals surface area contributed by atoms with Gasteiger partial charge in [-0.25, -0.2) is 0 Å². The first kappa shape index (κ1) is 14.0. The van der Waals surface area contributed by atoms with Crippen LogP contribution in [0.3, 0.4) is 0 Å². The van der Waals surface area contributed by atoms with Gasteiger partial charge in [-0.2, -0.15) is 0 Å². The van der Waals surface area contributed by atoms with E-state index in [1.807, 2.05) is 6.92 Å². The van der Waals surface area contributed by atoms with Crippen molar-refractivity contribution in [2.45, 2.75) is 69.5 Å². The van der Waals surface area contributed by atoms with Gasteiger partial charge in [0.2, 0.25) is 5.91 Å². The molecule has 0 aromatic carbocycles. The number of carbonyl (C=O) groups is 1. The standard InChI is InChI=1S/C17H27NO3/c1-2-18-14(20)16-9-3-8-15(10-16,11-19)21-17(16,12-4-5-12)13-6-7-13/h12-13,19H,2-11H2,1H3,(H,18,20)/t15-,16+/m1/s1. The van der Waals surface area contributed by atoms with E-state index in [4.69, 9.17) is 4.74 Å². The van der Waals surface area contributed by atoms with Crippen molar-refractivity contribution in [1.29, 1.82) is 0 Å². The molecular formula is C17H27NO3. The van der Waals surface area contributed by atoms with Crippen molar-refractivity contribution in [2.75, 3.05) is 13.2 Å². The Morgan fingerprint density at radius 1 is 1.24 bits per heavy atom. The fourth-order valence-corrected chi connectivity index (χ4v) is 5.49. The molecule has 4 nitrogen and oxygen atoms in total. The van der Waals surface area contributed by atoms with Gasteiger partial charge < -0.3 is 15.2 Å². The molecule has 4 rings (SSSR count). The van der Waals surface area contributed by atoms with E-state index in [2.05, 4.69) is 5.32 Å². The van der Waals surface area contributed by atoms with Gasteiger partial charge in [-0.15, -0.1) is 0 Å². The van der Waals surface area contributed by atoms with Crippen molar-refractivity contribution in [2.24, 2.45) is 17.3 Å². The first-order valence-corrected chi connectivity index (χ1v) is 8.72. The SMILES string of the molecule is CCNC(=O)[C@]12CCC[C@](CO)(C1)OC2(C1CC1)C1CC1. The maximum Gasteiger partial charge on any atom is 0.229 e. The molecule has 4 aliphatic rings. The molecule has 1 amide bonds. The Balaban J connectivity index is 1.80. The predicted molar refractivity (Wildman–Crippen MR) is 78.7 cm³/mol. The zero-order chi connectivity index (χ0) is 14.7. The van der Waals surface area contributed by atoms with E-state index in [9.17, 15) is 9.90 Å². The van der Waals surface area contributed by atoms with Crippen molar-refractivity contribution in [3.63, 3.8) is 0 Å². The minimum absolute atomic E-state index is 0.0648. The molecule has 2 atom stereocenters. The Morgan fingerprint density at radius 3 is 2.43 bits per heavy atom. The van der Waals surface area contributed by atoms with Gasteiger partial charge in [0.25, 0.3) is 0 Å². The van der Waals surface area contributed by atoms with Crippen LogP contribution in [0.4, 0.5) is 0 Å². The lowest BCUT2D eigenvalue weighted by atomic mass is 9.59. The van der Waals surface area contributed by atoms with E-state index in [1.54, 1.807) is 0 Å². The Hall–Kier alpha value is -0.610. The van der Waals surface area contributed by atoms with Crippen LogP contribution >= 0.6 is 0 Å². The lowest BCUT2D eigenvalue weighted by Gasteiger charge is -2.44. The van der Waals surface area contributed by atoms with Crippen LogP contribution in [0, 0.1) is 17.3 Å². The van der Waals surface area contributed by atoms with Crippen molar-refractivity contribution in [3.8, 4) is 0 Å². The summed E-state index contributed by atoms with van der Waals surface area (Å²) < 4.78 is 6.72. The first-order chi connectivity index (χ1) is 10.1. The van der Waals surface area contributed by atoms with E-state index in [0.29, 0.717) is 18.4 Å². The molecule has 3 saturated carbocycles. The van der Waals surface area contributed by atoms with Gasteiger partial charge >= 0.3 is 0 Å². The van der Waals surface area contributed by atoms with E-state index < -0.39 is 5.60 Å². The van der Waals surface area contributed by atoms with Crippen LogP contribution in [0.1, 0.15) is 58.3 Å². The molecule has 0 aromatic rings. The summed E-state index contributed by atoms with van der Waals surface area (Å²) >= 11 is 0. The summed E-state index contributed by atoms with van der Waals surface area (Å²) in [6.07, 6.45) is 8.35. The highest BCUT2D eigenvalue weighted by molar-refractivity contribution is 5.85. The van der Waals surface area contributed by atoms with Gasteiger partial charge in [0.15, 0.2) is 0 Å². The number of carbonyl (C=O) groups excluding carboxylic acids is 1. The number of amides is 1. The number of fused-ring (bicyclic) bond motifs is 2. The number of aliphatic hydroxyl groups excluding tert-OH is 1. The van der Waals surface area contributed by atoms with Crippen LogP contribution in [0.15, 0.2) is 0 Å². The number of hydrogen-bond acceptors (Lipinski definition) is 3. The molecule has 1 saturated heterocycles. The third-order valence-electron chi connectivity index (χ3n) is 6.42. The van der Waals surface area contributed by atoms with Crippen LogP contribution in [0.5, 0.6) is 0 Å². The second kappa shape index (κ2) is 4.45. The first-order valence-electron chi connectivity index (χ1n) is 8.72. The molecule has 0 unspecified atom stereocenters. The van der Waals surface area contributed by atoms with Crippen molar-refractivity contribution >= 4 is 5.91 Å². The van der Waals surface area contributed by atoms with E-state index in [1.165, 1.54) is 25.7 Å². The Morgan fingerprint density at radius 2 is 1.90 bits per heavy atom. The summed E-state index contributed by atoms with van der Waals surface area (Å²) in [6.45, 7) is 2.73. The second-order valence-corrected chi connectivity index (χ2v) is 7.76. The second-order valence-electron chi connectivity index (χ2n) is 7.76. The highest BCUT2D eigenvalue weighted by Gasteiger charge is 2.76. The summed E-state index contributed by atoms with van der Waals surface area (Å²) in [5.41, 5.74) is -1.10. The average Bonchev–Trinajstić information content (AvgIpc) is 3.38. The van der Waals surface area contributed by atoms with Gasteiger partial charge in [0.1, 0.15) is 0 Å². The molecule has 2 N–H and O–H groups in total. The zero-order valence-electron chi connectivity index (χ0n) is 13.0. The van der Waals surface area contributed by atoms with E-state index in [-0.39, 0.29) is 23.5 Å². The topological polar surface area (TPSA) is 58.6 Å². The van der Waals surface area contributed by atoms with Gasteiger partial charge in [-0.05, 0) is 70.1 Å². The summed E-state index contributed by atoms with van der Waals surface area (Å²) in [7, 11) is 0. The van der Waals surface area contributed by atoms with Gasteiger partial charge in [0, 0.05) is 6.54 Å². The molecule has 1 heterocycles. The Labute approximate surface area is 126 Å². The van der Waals surface area contributed by atoms with Crippen molar-refractivity contribution < 1.29 is 14.6 Å². The molecule has 4 heteroatoms. The third kappa shape index (κ3) is 1.72. The molecule has 4 fully saturated rings. The molecule has 3 aliphatic carbocycles. The van der Waals surface area contributed by atoms with Gasteiger partial charge in [0.05, 0.1) is 23.2 Å². The number of rotatable bonds is 5. The highest BCUT2D eigenvalue weighted by Crippen LogP contribution is 2.71. The molecular weight excluding hydrogens is 266 g/mol. The minimum atomic E-state index is -0.450. The van der Waals surface area contributed by atoms with Gasteiger partial charge in [-0.3, -0.25) is 4.79 Å². The maximum absolute atomic E-state index is 13.0. The highest BCUT2D eigenvalue weighted by atomic mass is 16.5. The van der Waals surface area contributed by atoms with Crippen LogP contribution in [0.2, 0.25) is 0 Å². The minimum Gasteiger partial charge on any atom is -0.393 e. The lowest BCUT2D eigenvalue weighted by Crippen LogP contribution is -2.57. The van der Waals surface area contributed by atoms with E-state index >= 15 is 0 Å². The fraction of sp³-hybridized carbons (Fsp3) is 0.941. The predicted octanol–water partition coefficient (Wildman–Crippen LogP) is 2.00. The molecule has 21 heavy (non-hydrogen) atoms. The summed E-state index contributed by atoms with van der Waals surface area (Å²) in [5, 5.41) is 13.1. The molecule has 0 radical (unpaired) electrons.